The second-order valence-corrected chi connectivity index (χ2v) is 11.7. The van der Waals surface area contributed by atoms with Gasteiger partial charge >= 0.3 is 101 Å². The minimum atomic E-state index is -4.99. The summed E-state index contributed by atoms with van der Waals surface area (Å²) >= 11 is 5.72. The number of carboxylic acid groups (broad SMARTS) is 1. The first kappa shape index (κ1) is 47.4. The number of carboxylic acids is 1. The number of aromatic carboxylic acids is 1. The van der Waals surface area contributed by atoms with E-state index in [1.807, 2.05) is 0 Å². The number of hydrogen-bond donors (Lipinski definition) is 5. The van der Waals surface area contributed by atoms with Crippen molar-refractivity contribution in [3.8, 4) is 5.75 Å². The van der Waals surface area contributed by atoms with Crippen LogP contribution in [0, 0.1) is 12.0 Å². The molecule has 0 bridgehead atoms. The molecule has 0 fully saturated rings. The number of rotatable bonds is 9. The van der Waals surface area contributed by atoms with E-state index in [0.717, 1.165) is 12.1 Å². The smallest absolute Gasteiger partial charge is 0.870 e. The van der Waals surface area contributed by atoms with Gasteiger partial charge in [0.15, 0.2) is 5.82 Å². The van der Waals surface area contributed by atoms with Crippen LogP contribution >= 0.6 is 11.6 Å². The Morgan fingerprint density at radius 3 is 2.04 bits per heavy atom. The third-order valence-electron chi connectivity index (χ3n) is 5.46. The Kier molecular flexibility index (Phi) is 19.2. The predicted octanol–water partition coefficient (Wildman–Crippen LogP) is -5.02. The Morgan fingerprint density at radius 2 is 1.47 bits per heavy atom. The number of carbonyl (C=O) groups is 1. The Labute approximate surface area is 358 Å². The van der Waals surface area contributed by atoms with Crippen LogP contribution in [0.15, 0.2) is 85.8 Å². The fourth-order valence-corrected chi connectivity index (χ4v) is 4.58. The van der Waals surface area contributed by atoms with Gasteiger partial charge in [0.2, 0.25) is 11.8 Å². The van der Waals surface area contributed by atoms with Crippen molar-refractivity contribution < 1.29 is 155 Å². The Morgan fingerprint density at radius 1 is 0.878 bits per heavy atom. The molecule has 5 N–H and O–H groups in total. The van der Waals surface area contributed by atoms with Crippen LogP contribution in [-0.2, 0) is 37.3 Å². The van der Waals surface area contributed by atoms with E-state index in [9.17, 15) is 49.7 Å². The van der Waals surface area contributed by atoms with Gasteiger partial charge in [0, 0.05) is 28.3 Å². The van der Waals surface area contributed by atoms with Crippen LogP contribution in [0.25, 0.3) is 0 Å². The average Bonchev–Trinajstić information content (AvgIpc) is 2.96. The summed E-state index contributed by atoms with van der Waals surface area (Å²) in [4.78, 5) is 16.1. The van der Waals surface area contributed by atoms with E-state index in [2.05, 4.69) is 36.0 Å². The fraction of sp³-hybridized carbons (Fsp3) is 0. The zero-order valence-electron chi connectivity index (χ0n) is 25.1. The summed E-state index contributed by atoms with van der Waals surface area (Å²) in [5.41, 5.74) is 0.119. The largest absolute Gasteiger partial charge is 1.00 e. The first-order chi connectivity index (χ1) is 21.0. The number of azo groups is 1. The van der Waals surface area contributed by atoms with Crippen molar-refractivity contribution in [3.63, 3.8) is 0 Å². The van der Waals surface area contributed by atoms with Crippen molar-refractivity contribution in [1.29, 1.82) is 0 Å². The standard InChI is InChI=1S/C24H16ClF2N7O9S2.Cu.3Na/c25-18-20(26)29-24(27)30-22(18)28-16-9-13(45(41,42)43)10-17(19(16)35)32-34-21(11-4-2-1-3-5-11)33-31-15-7-6-12(44(38,39)40)8-14(15)23(36)37;;;;/h1-10,32,35H,(H,36,37)(H,28,29,30)(H,38,39,40)(H,41,42,43);;;;/q;;3*+1/p-1. The summed E-state index contributed by atoms with van der Waals surface area (Å²) in [5.74, 6) is -5.27. The van der Waals surface area contributed by atoms with Crippen molar-refractivity contribution in [3.05, 3.63) is 88.8 Å². The molecule has 49 heavy (non-hydrogen) atoms. The minimum absolute atomic E-state index is 0. The molecule has 1 heterocycles. The zero-order valence-corrected chi connectivity index (χ0v) is 34.4. The van der Waals surface area contributed by atoms with E-state index in [-0.39, 0.29) is 123 Å². The van der Waals surface area contributed by atoms with Crippen molar-refractivity contribution in [1.82, 2.24) is 9.97 Å². The first-order valence-corrected chi connectivity index (χ1v) is 14.9. The maximum Gasteiger partial charge on any atom is 1.00 e. The van der Waals surface area contributed by atoms with E-state index in [0.29, 0.717) is 18.2 Å². The summed E-state index contributed by atoms with van der Waals surface area (Å²) in [6, 6.07) is 11.4. The van der Waals surface area contributed by atoms with Crippen LogP contribution < -0.4 is 105 Å². The molecule has 0 aliphatic heterocycles. The number of amidine groups is 1. The topological polar surface area (TPSA) is 256 Å². The van der Waals surface area contributed by atoms with Crippen LogP contribution in [0.5, 0.6) is 5.75 Å². The van der Waals surface area contributed by atoms with Gasteiger partial charge in [-0.05, 0) is 30.3 Å². The van der Waals surface area contributed by atoms with Crippen LogP contribution in [0.1, 0.15) is 15.9 Å². The quantitative estimate of drug-likeness (QED) is 0.0155. The molecule has 0 unspecified atom stereocenters. The number of hydrazone groups is 1. The Balaban J connectivity index is 0.00000576. The molecule has 1 aromatic heterocycles. The molecule has 0 saturated heterocycles. The third kappa shape index (κ3) is 12.5. The normalized spacial score (nSPS) is 11.3. The number of nitrogens with zero attached hydrogens (tertiary/aromatic N) is 5. The predicted molar refractivity (Wildman–Crippen MR) is 150 cm³/mol. The molecule has 3 aromatic carbocycles. The Bertz CT molecular complexity index is 2130. The molecule has 0 atom stereocenters. The molecule has 0 amide bonds. The van der Waals surface area contributed by atoms with Gasteiger partial charge in [0.05, 0.1) is 21.0 Å². The van der Waals surface area contributed by atoms with Gasteiger partial charge in [0.25, 0.3) is 20.2 Å². The van der Waals surface area contributed by atoms with E-state index in [1.54, 1.807) is 18.2 Å². The maximum absolute atomic E-state index is 13.8. The first-order valence-electron chi connectivity index (χ1n) is 11.7. The van der Waals surface area contributed by atoms with E-state index >= 15 is 0 Å². The molecular formula is C24H15ClCuF2N7Na3O9S2+2. The maximum atomic E-state index is 13.8. The number of nitrogens with one attached hydrogen (secondary N) is 2. The number of benzene rings is 3. The number of aromatic nitrogens is 2. The average molecular weight is 816 g/mol. The minimum Gasteiger partial charge on any atom is -0.870 e. The second kappa shape index (κ2) is 19.8. The van der Waals surface area contributed by atoms with Gasteiger partial charge < -0.3 is 15.5 Å². The molecule has 1 radical (unpaired) electrons. The number of hydrogen-bond acceptors (Lipinski definition) is 12. The third-order valence-corrected chi connectivity index (χ3v) is 7.48. The summed E-state index contributed by atoms with van der Waals surface area (Å²) in [6.45, 7) is 0. The zero-order chi connectivity index (χ0) is 33.1. The molecule has 16 nitrogen and oxygen atoms in total. The van der Waals surface area contributed by atoms with Crippen LogP contribution in [-0.4, -0.2) is 52.8 Å². The van der Waals surface area contributed by atoms with E-state index < -0.39 is 81.6 Å². The van der Waals surface area contributed by atoms with Gasteiger partial charge in [-0.2, -0.15) is 40.7 Å². The molecule has 4 aromatic rings. The van der Waals surface area contributed by atoms with Gasteiger partial charge in [-0.3, -0.25) is 14.5 Å². The molecule has 4 rings (SSSR count). The molecule has 0 aliphatic rings. The SMILES string of the molecule is O=C(O)c1cc(S(=O)(=O)O)ccc1N=NC(=NNc1cc(S(=O)(=O)O)cc(Nc2nc(F)nc(F)c2Cl)c1[O-])c1ccccc1.[Cu].[Na+].[Na+].[Na+]. The summed E-state index contributed by atoms with van der Waals surface area (Å²) < 4.78 is 92.9. The van der Waals surface area contributed by atoms with Crippen LogP contribution in [0.2, 0.25) is 5.02 Å². The summed E-state index contributed by atoms with van der Waals surface area (Å²) in [5, 5.41) is 35.6. The second-order valence-electron chi connectivity index (χ2n) is 8.47. The molecule has 0 aliphatic carbocycles. The van der Waals surface area contributed by atoms with Crippen molar-refractivity contribution in [2.24, 2.45) is 15.3 Å². The monoisotopic (exact) mass is 814 g/mol. The van der Waals surface area contributed by atoms with Gasteiger partial charge in [-0.15, -0.1) is 10.2 Å². The molecule has 0 saturated carbocycles. The number of anilines is 3. The summed E-state index contributed by atoms with van der Waals surface area (Å²) in [7, 11) is -9.74. The van der Waals surface area contributed by atoms with Crippen molar-refractivity contribution in [2.75, 3.05) is 10.7 Å². The van der Waals surface area contributed by atoms with Gasteiger partial charge in [0.1, 0.15) is 10.7 Å². The molecule has 25 heteroatoms. The van der Waals surface area contributed by atoms with E-state index in [1.165, 1.54) is 12.1 Å². The van der Waals surface area contributed by atoms with Crippen molar-refractivity contribution in [2.45, 2.75) is 9.79 Å². The summed E-state index contributed by atoms with van der Waals surface area (Å²) in [6.07, 6.45) is -1.57. The van der Waals surface area contributed by atoms with Gasteiger partial charge in [-0.25, -0.2) is 4.79 Å². The molecular weight excluding hydrogens is 800 g/mol. The Hall–Kier alpha value is -1.63. The number of halogens is 3. The van der Waals surface area contributed by atoms with E-state index in [4.69, 9.17) is 11.6 Å². The van der Waals surface area contributed by atoms with Crippen LogP contribution in [0.4, 0.5) is 31.7 Å². The molecule has 0 spiro atoms. The molecule has 245 valence electrons. The van der Waals surface area contributed by atoms with Gasteiger partial charge in [-0.1, -0.05) is 47.7 Å². The van der Waals surface area contributed by atoms with Crippen molar-refractivity contribution >= 4 is 66.5 Å². The van der Waals surface area contributed by atoms with Crippen LogP contribution in [0.3, 0.4) is 0 Å². The fourth-order valence-electron chi connectivity index (χ4n) is 3.41.